The van der Waals surface area contributed by atoms with Gasteiger partial charge in [-0.05, 0) is 34.5 Å². The lowest BCUT2D eigenvalue weighted by Gasteiger charge is -2.07. The molecule has 0 aliphatic carbocycles. The van der Waals surface area contributed by atoms with Gasteiger partial charge in [0.25, 0.3) is 0 Å². The van der Waals surface area contributed by atoms with E-state index in [-0.39, 0.29) is 11.1 Å². The summed E-state index contributed by atoms with van der Waals surface area (Å²) in [6, 6.07) is 13.7. The van der Waals surface area contributed by atoms with E-state index in [1.807, 2.05) is 42.5 Å². The first-order valence-electron chi connectivity index (χ1n) is 5.66. The molecule has 2 aromatic carbocycles. The third-order valence-electron chi connectivity index (χ3n) is 2.73. The summed E-state index contributed by atoms with van der Waals surface area (Å²) in [5, 5.41) is 5.08. The Morgan fingerprint density at radius 1 is 1.05 bits per heavy atom. The van der Waals surface area contributed by atoms with Crippen LogP contribution in [0.2, 0.25) is 5.28 Å². The van der Waals surface area contributed by atoms with Crippen LogP contribution in [0.5, 0.6) is 0 Å². The molecule has 0 spiro atoms. The third-order valence-corrected chi connectivity index (χ3v) is 2.91. The molecule has 5 heteroatoms. The van der Waals surface area contributed by atoms with Crippen molar-refractivity contribution in [2.75, 3.05) is 5.32 Å². The van der Waals surface area contributed by atoms with Crippen molar-refractivity contribution in [3.63, 3.8) is 0 Å². The second-order valence-electron chi connectivity index (χ2n) is 4.02. The fraction of sp³-hybridized carbons (Fsp3) is 0. The van der Waals surface area contributed by atoms with Crippen LogP contribution in [0.1, 0.15) is 0 Å². The standard InChI is InChI=1S/C14H9ClFN3/c15-14-17-8-12(16)13(19-14)18-11-6-5-9-3-1-2-4-10(9)7-11/h1-8H,(H,17,18,19). The number of fused-ring (bicyclic) bond motifs is 1. The van der Waals surface area contributed by atoms with Crippen molar-refractivity contribution >= 4 is 33.9 Å². The van der Waals surface area contributed by atoms with Gasteiger partial charge in [0, 0.05) is 5.69 Å². The molecule has 0 unspecified atom stereocenters. The molecule has 1 aromatic heterocycles. The highest BCUT2D eigenvalue weighted by atomic mass is 35.5. The maximum Gasteiger partial charge on any atom is 0.224 e. The van der Waals surface area contributed by atoms with Crippen LogP contribution in [0, 0.1) is 5.82 Å². The zero-order valence-electron chi connectivity index (χ0n) is 9.77. The topological polar surface area (TPSA) is 37.8 Å². The molecule has 94 valence electrons. The molecule has 0 fully saturated rings. The van der Waals surface area contributed by atoms with Gasteiger partial charge in [0.2, 0.25) is 5.28 Å². The Labute approximate surface area is 114 Å². The maximum absolute atomic E-state index is 13.5. The summed E-state index contributed by atoms with van der Waals surface area (Å²) >= 11 is 5.65. The first-order chi connectivity index (χ1) is 9.22. The van der Waals surface area contributed by atoms with E-state index in [1.54, 1.807) is 0 Å². The first kappa shape index (κ1) is 11.9. The Morgan fingerprint density at radius 2 is 1.84 bits per heavy atom. The molecule has 1 heterocycles. The second-order valence-corrected chi connectivity index (χ2v) is 4.36. The highest BCUT2D eigenvalue weighted by Gasteiger charge is 2.06. The van der Waals surface area contributed by atoms with Crippen LogP contribution < -0.4 is 5.32 Å². The highest BCUT2D eigenvalue weighted by Crippen LogP contribution is 2.23. The summed E-state index contributed by atoms with van der Waals surface area (Å²) in [5.74, 6) is -0.479. The molecule has 3 rings (SSSR count). The van der Waals surface area contributed by atoms with Crippen molar-refractivity contribution in [3.05, 3.63) is 59.8 Å². The minimum Gasteiger partial charge on any atom is -0.338 e. The minimum absolute atomic E-state index is 0.00434. The largest absolute Gasteiger partial charge is 0.338 e. The Kier molecular flexibility index (Phi) is 3.01. The van der Waals surface area contributed by atoms with Crippen LogP contribution in [0.3, 0.4) is 0 Å². The maximum atomic E-state index is 13.5. The fourth-order valence-electron chi connectivity index (χ4n) is 1.84. The number of anilines is 2. The number of rotatable bonds is 2. The highest BCUT2D eigenvalue weighted by molar-refractivity contribution is 6.28. The van der Waals surface area contributed by atoms with E-state index >= 15 is 0 Å². The quantitative estimate of drug-likeness (QED) is 0.712. The summed E-state index contributed by atoms with van der Waals surface area (Å²) < 4.78 is 13.5. The average Bonchev–Trinajstić information content (AvgIpc) is 2.43. The monoisotopic (exact) mass is 273 g/mol. The fourth-order valence-corrected chi connectivity index (χ4v) is 1.97. The molecular formula is C14H9ClFN3. The molecular weight excluding hydrogens is 265 g/mol. The van der Waals surface area contributed by atoms with Gasteiger partial charge in [-0.3, -0.25) is 0 Å². The smallest absolute Gasteiger partial charge is 0.224 e. The zero-order valence-corrected chi connectivity index (χ0v) is 10.5. The normalized spacial score (nSPS) is 10.6. The van der Waals surface area contributed by atoms with Crippen LogP contribution >= 0.6 is 11.6 Å². The molecule has 19 heavy (non-hydrogen) atoms. The molecule has 0 bridgehead atoms. The summed E-state index contributed by atoms with van der Waals surface area (Å²) in [4.78, 5) is 7.39. The first-order valence-corrected chi connectivity index (χ1v) is 6.04. The summed E-state index contributed by atoms with van der Waals surface area (Å²) in [7, 11) is 0. The van der Waals surface area contributed by atoms with E-state index in [0.29, 0.717) is 0 Å². The van der Waals surface area contributed by atoms with Crippen LogP contribution in [-0.4, -0.2) is 9.97 Å². The van der Waals surface area contributed by atoms with Crippen LogP contribution in [0.4, 0.5) is 15.9 Å². The van der Waals surface area contributed by atoms with Crippen molar-refractivity contribution in [3.8, 4) is 0 Å². The zero-order chi connectivity index (χ0) is 13.2. The number of nitrogens with zero attached hydrogens (tertiary/aromatic N) is 2. The van der Waals surface area contributed by atoms with E-state index in [4.69, 9.17) is 11.6 Å². The number of halogens is 2. The number of hydrogen-bond donors (Lipinski definition) is 1. The predicted molar refractivity (Wildman–Crippen MR) is 74.2 cm³/mol. The molecule has 1 N–H and O–H groups in total. The van der Waals surface area contributed by atoms with Gasteiger partial charge in [-0.15, -0.1) is 0 Å². The number of hydrogen-bond acceptors (Lipinski definition) is 3. The van der Waals surface area contributed by atoms with Crippen molar-refractivity contribution in [2.24, 2.45) is 0 Å². The van der Waals surface area contributed by atoms with E-state index in [1.165, 1.54) is 0 Å². The van der Waals surface area contributed by atoms with Crippen molar-refractivity contribution in [1.29, 1.82) is 0 Å². The lowest BCUT2D eigenvalue weighted by molar-refractivity contribution is 0.619. The van der Waals surface area contributed by atoms with Gasteiger partial charge in [-0.2, -0.15) is 4.98 Å². The van der Waals surface area contributed by atoms with E-state index in [9.17, 15) is 4.39 Å². The van der Waals surface area contributed by atoms with Crippen molar-refractivity contribution in [1.82, 2.24) is 9.97 Å². The molecule has 0 aliphatic rings. The molecule has 0 saturated heterocycles. The molecule has 3 nitrogen and oxygen atoms in total. The molecule has 3 aromatic rings. The number of benzene rings is 2. The Balaban J connectivity index is 1.98. The number of aromatic nitrogens is 2. The second kappa shape index (κ2) is 4.82. The van der Waals surface area contributed by atoms with E-state index < -0.39 is 5.82 Å². The van der Waals surface area contributed by atoms with Crippen LogP contribution in [-0.2, 0) is 0 Å². The van der Waals surface area contributed by atoms with Gasteiger partial charge >= 0.3 is 0 Å². The van der Waals surface area contributed by atoms with Crippen molar-refractivity contribution < 1.29 is 4.39 Å². The molecule has 0 radical (unpaired) electrons. The average molecular weight is 274 g/mol. The van der Waals surface area contributed by atoms with E-state index in [0.717, 1.165) is 22.7 Å². The molecule has 0 saturated carbocycles. The SMILES string of the molecule is Fc1cnc(Cl)nc1Nc1ccc2ccccc2c1. The van der Waals surface area contributed by atoms with Gasteiger partial charge in [0.05, 0.1) is 6.20 Å². The van der Waals surface area contributed by atoms with E-state index in [2.05, 4.69) is 15.3 Å². The lowest BCUT2D eigenvalue weighted by Crippen LogP contribution is -1.98. The number of nitrogens with one attached hydrogen (secondary N) is 1. The summed E-state index contributed by atoms with van der Waals surface area (Å²) in [5.41, 5.74) is 0.743. The third kappa shape index (κ3) is 2.48. The van der Waals surface area contributed by atoms with Gasteiger partial charge < -0.3 is 5.32 Å². The van der Waals surface area contributed by atoms with Crippen molar-refractivity contribution in [2.45, 2.75) is 0 Å². The minimum atomic E-state index is -0.544. The molecule has 0 aliphatic heterocycles. The predicted octanol–water partition coefficient (Wildman–Crippen LogP) is 4.17. The Bertz CT molecular complexity index is 746. The summed E-state index contributed by atoms with van der Waals surface area (Å²) in [6.07, 6.45) is 1.04. The Morgan fingerprint density at radius 3 is 2.68 bits per heavy atom. The summed E-state index contributed by atoms with van der Waals surface area (Å²) in [6.45, 7) is 0. The van der Waals surface area contributed by atoms with Crippen LogP contribution in [0.25, 0.3) is 10.8 Å². The van der Waals surface area contributed by atoms with Gasteiger partial charge in [-0.1, -0.05) is 30.3 Å². The Hall–Kier alpha value is -2.20. The van der Waals surface area contributed by atoms with Gasteiger partial charge in [0.15, 0.2) is 11.6 Å². The van der Waals surface area contributed by atoms with Gasteiger partial charge in [0.1, 0.15) is 0 Å². The molecule has 0 amide bonds. The molecule has 0 atom stereocenters. The van der Waals surface area contributed by atoms with Gasteiger partial charge in [-0.25, -0.2) is 9.37 Å². The lowest BCUT2D eigenvalue weighted by atomic mass is 10.1. The van der Waals surface area contributed by atoms with Crippen LogP contribution in [0.15, 0.2) is 48.7 Å².